The Balaban J connectivity index is 2.10. The van der Waals surface area contributed by atoms with Crippen molar-refractivity contribution in [2.75, 3.05) is 13.1 Å². The lowest BCUT2D eigenvalue weighted by Gasteiger charge is -2.15. The van der Waals surface area contributed by atoms with Crippen molar-refractivity contribution in [1.29, 1.82) is 0 Å². The molecule has 0 unspecified atom stereocenters. The van der Waals surface area contributed by atoms with E-state index in [1.54, 1.807) is 6.07 Å². The predicted molar refractivity (Wildman–Crippen MR) is 55.9 cm³/mol. The molecule has 0 saturated carbocycles. The van der Waals surface area contributed by atoms with E-state index in [-0.39, 0.29) is 5.82 Å². The molecule has 3 heteroatoms. The van der Waals surface area contributed by atoms with Crippen molar-refractivity contribution < 1.29 is 4.39 Å². The largest absolute Gasteiger partial charge is 0.299 e. The van der Waals surface area contributed by atoms with Crippen LogP contribution in [-0.4, -0.2) is 18.0 Å². The molecule has 1 aromatic rings. The first-order valence-corrected chi connectivity index (χ1v) is 5.30. The van der Waals surface area contributed by atoms with E-state index in [1.165, 1.54) is 25.0 Å². The van der Waals surface area contributed by atoms with Gasteiger partial charge in [-0.05, 0) is 49.7 Å². The maximum Gasteiger partial charge on any atom is 0.123 e. The summed E-state index contributed by atoms with van der Waals surface area (Å²) in [6.07, 6.45) is 2.49. The summed E-state index contributed by atoms with van der Waals surface area (Å²) in [6.45, 7) is 2.98. The SMILES string of the molecule is Fc1ccc(Cl)c(CN2CCCC2)c1. The zero-order valence-electron chi connectivity index (χ0n) is 7.97. The molecule has 2 rings (SSSR count). The van der Waals surface area contributed by atoms with Gasteiger partial charge in [0.15, 0.2) is 0 Å². The molecule has 1 aliphatic heterocycles. The molecule has 1 aliphatic rings. The van der Waals surface area contributed by atoms with E-state index in [0.717, 1.165) is 25.2 Å². The number of rotatable bonds is 2. The van der Waals surface area contributed by atoms with Crippen LogP contribution in [0.25, 0.3) is 0 Å². The van der Waals surface area contributed by atoms with Gasteiger partial charge in [0.1, 0.15) is 5.82 Å². The molecule has 14 heavy (non-hydrogen) atoms. The lowest BCUT2D eigenvalue weighted by Crippen LogP contribution is -2.18. The van der Waals surface area contributed by atoms with Gasteiger partial charge in [-0.2, -0.15) is 0 Å². The minimum atomic E-state index is -0.205. The van der Waals surface area contributed by atoms with E-state index in [9.17, 15) is 4.39 Å². The van der Waals surface area contributed by atoms with Gasteiger partial charge < -0.3 is 0 Å². The van der Waals surface area contributed by atoms with E-state index >= 15 is 0 Å². The Labute approximate surface area is 88.5 Å². The van der Waals surface area contributed by atoms with Crippen LogP contribution in [0.15, 0.2) is 18.2 Å². The van der Waals surface area contributed by atoms with Crippen LogP contribution in [0.4, 0.5) is 4.39 Å². The van der Waals surface area contributed by atoms with Crippen molar-refractivity contribution in [3.63, 3.8) is 0 Å². The van der Waals surface area contributed by atoms with Gasteiger partial charge in [-0.15, -0.1) is 0 Å². The molecule has 1 saturated heterocycles. The van der Waals surface area contributed by atoms with Crippen molar-refractivity contribution in [2.45, 2.75) is 19.4 Å². The van der Waals surface area contributed by atoms with E-state index in [1.807, 2.05) is 0 Å². The average Bonchev–Trinajstić information content (AvgIpc) is 2.64. The van der Waals surface area contributed by atoms with Gasteiger partial charge in [-0.1, -0.05) is 11.6 Å². The molecule has 0 aromatic heterocycles. The second-order valence-corrected chi connectivity index (χ2v) is 4.13. The molecule has 0 atom stereocenters. The summed E-state index contributed by atoms with van der Waals surface area (Å²) in [5.41, 5.74) is 0.897. The number of likely N-dealkylation sites (tertiary alicyclic amines) is 1. The van der Waals surface area contributed by atoms with Crippen LogP contribution in [0.1, 0.15) is 18.4 Å². The maximum absolute atomic E-state index is 12.9. The molecule has 0 aliphatic carbocycles. The summed E-state index contributed by atoms with van der Waals surface area (Å²) in [4.78, 5) is 2.31. The normalized spacial score (nSPS) is 17.6. The predicted octanol–water partition coefficient (Wildman–Crippen LogP) is 3.07. The van der Waals surface area contributed by atoms with Crippen molar-refractivity contribution in [2.24, 2.45) is 0 Å². The van der Waals surface area contributed by atoms with Crippen LogP contribution in [0.3, 0.4) is 0 Å². The Kier molecular flexibility index (Phi) is 3.04. The summed E-state index contributed by atoms with van der Waals surface area (Å²) in [5.74, 6) is -0.205. The Morgan fingerprint density at radius 2 is 2.00 bits per heavy atom. The topological polar surface area (TPSA) is 3.24 Å². The highest BCUT2D eigenvalue weighted by Crippen LogP contribution is 2.20. The van der Waals surface area contributed by atoms with E-state index in [2.05, 4.69) is 4.90 Å². The third-order valence-corrected chi connectivity index (χ3v) is 2.97. The zero-order valence-corrected chi connectivity index (χ0v) is 8.73. The van der Waals surface area contributed by atoms with Crippen LogP contribution in [0, 0.1) is 5.82 Å². The molecule has 1 heterocycles. The van der Waals surface area contributed by atoms with E-state index in [0.29, 0.717) is 5.02 Å². The number of benzene rings is 1. The molecular formula is C11H13ClFN. The first-order chi connectivity index (χ1) is 6.75. The summed E-state index contributed by atoms with van der Waals surface area (Å²) < 4.78 is 12.9. The molecule has 0 bridgehead atoms. The van der Waals surface area contributed by atoms with Crippen molar-refractivity contribution in [3.05, 3.63) is 34.6 Å². The first-order valence-electron chi connectivity index (χ1n) is 4.92. The fraction of sp³-hybridized carbons (Fsp3) is 0.455. The standard InChI is InChI=1S/C11H13ClFN/c12-11-4-3-10(13)7-9(11)8-14-5-1-2-6-14/h3-4,7H,1-2,5-6,8H2. The van der Waals surface area contributed by atoms with Gasteiger partial charge in [0, 0.05) is 11.6 Å². The summed E-state index contributed by atoms with van der Waals surface area (Å²) in [6, 6.07) is 4.55. The Morgan fingerprint density at radius 3 is 2.71 bits per heavy atom. The fourth-order valence-corrected chi connectivity index (χ4v) is 2.02. The lowest BCUT2D eigenvalue weighted by molar-refractivity contribution is 0.331. The smallest absolute Gasteiger partial charge is 0.123 e. The highest BCUT2D eigenvalue weighted by atomic mass is 35.5. The minimum absolute atomic E-state index is 0.205. The number of halogens is 2. The highest BCUT2D eigenvalue weighted by molar-refractivity contribution is 6.31. The number of nitrogens with zero attached hydrogens (tertiary/aromatic N) is 1. The van der Waals surface area contributed by atoms with Gasteiger partial charge in [0.2, 0.25) is 0 Å². The third kappa shape index (κ3) is 2.25. The minimum Gasteiger partial charge on any atom is -0.299 e. The number of hydrogen-bond donors (Lipinski definition) is 0. The summed E-state index contributed by atoms with van der Waals surface area (Å²) in [7, 11) is 0. The lowest BCUT2D eigenvalue weighted by atomic mass is 10.2. The number of hydrogen-bond acceptors (Lipinski definition) is 1. The average molecular weight is 214 g/mol. The maximum atomic E-state index is 12.9. The first kappa shape index (κ1) is 9.94. The van der Waals surface area contributed by atoms with Crippen molar-refractivity contribution in [1.82, 2.24) is 4.90 Å². The van der Waals surface area contributed by atoms with E-state index in [4.69, 9.17) is 11.6 Å². The van der Waals surface area contributed by atoms with Crippen molar-refractivity contribution in [3.8, 4) is 0 Å². The molecule has 76 valence electrons. The monoisotopic (exact) mass is 213 g/mol. The third-order valence-electron chi connectivity index (χ3n) is 2.60. The van der Waals surface area contributed by atoms with Crippen LogP contribution >= 0.6 is 11.6 Å². The Hall–Kier alpha value is -0.600. The second kappa shape index (κ2) is 4.28. The van der Waals surface area contributed by atoms with Gasteiger partial charge in [-0.3, -0.25) is 4.90 Å². The van der Waals surface area contributed by atoms with Crippen LogP contribution in [0.5, 0.6) is 0 Å². The van der Waals surface area contributed by atoms with Gasteiger partial charge in [0.25, 0.3) is 0 Å². The second-order valence-electron chi connectivity index (χ2n) is 3.72. The van der Waals surface area contributed by atoms with Crippen molar-refractivity contribution >= 4 is 11.6 Å². The Bertz CT molecular complexity index is 321. The molecule has 1 nitrogen and oxygen atoms in total. The fourth-order valence-electron chi connectivity index (χ4n) is 1.85. The molecule has 1 aromatic carbocycles. The molecule has 1 fully saturated rings. The molecule has 0 amide bonds. The molecule has 0 spiro atoms. The highest BCUT2D eigenvalue weighted by Gasteiger charge is 2.13. The molecule has 0 radical (unpaired) electrons. The Morgan fingerprint density at radius 1 is 1.29 bits per heavy atom. The van der Waals surface area contributed by atoms with Crippen LogP contribution < -0.4 is 0 Å². The molecular weight excluding hydrogens is 201 g/mol. The molecule has 0 N–H and O–H groups in total. The van der Waals surface area contributed by atoms with Gasteiger partial charge >= 0.3 is 0 Å². The zero-order chi connectivity index (χ0) is 9.97. The van der Waals surface area contributed by atoms with Gasteiger partial charge in [-0.25, -0.2) is 4.39 Å². The van der Waals surface area contributed by atoms with Crippen LogP contribution in [0.2, 0.25) is 5.02 Å². The van der Waals surface area contributed by atoms with Gasteiger partial charge in [0.05, 0.1) is 0 Å². The summed E-state index contributed by atoms with van der Waals surface area (Å²) >= 11 is 5.98. The summed E-state index contributed by atoms with van der Waals surface area (Å²) in [5, 5.41) is 0.665. The quantitative estimate of drug-likeness (QED) is 0.730. The van der Waals surface area contributed by atoms with Crippen LogP contribution in [-0.2, 0) is 6.54 Å². The van der Waals surface area contributed by atoms with E-state index < -0.39 is 0 Å².